The first kappa shape index (κ1) is 13.7. The number of carbonyl (C=O) groups is 1. The molecule has 0 aliphatic carbocycles. The van der Waals surface area contributed by atoms with Crippen molar-refractivity contribution in [3.63, 3.8) is 0 Å². The number of hydrogen-bond donors (Lipinski definition) is 1. The molecule has 5 nitrogen and oxygen atoms in total. The van der Waals surface area contributed by atoms with Gasteiger partial charge in [-0.1, -0.05) is 35.3 Å². The predicted molar refractivity (Wildman–Crippen MR) is 81.7 cm³/mol. The molecule has 0 fully saturated rings. The van der Waals surface area contributed by atoms with Gasteiger partial charge in [0.2, 0.25) is 0 Å². The summed E-state index contributed by atoms with van der Waals surface area (Å²) in [6.07, 6.45) is 2.88. The molecular weight excluding hydrogens is 311 g/mol. The third-order valence-corrected chi connectivity index (χ3v) is 3.37. The lowest BCUT2D eigenvalue weighted by molar-refractivity contribution is 0.102. The number of benzene rings is 1. The van der Waals surface area contributed by atoms with Crippen LogP contribution >= 0.6 is 23.2 Å². The van der Waals surface area contributed by atoms with Crippen molar-refractivity contribution in [1.82, 2.24) is 15.0 Å². The summed E-state index contributed by atoms with van der Waals surface area (Å²) >= 11 is 12.0. The highest BCUT2D eigenvalue weighted by atomic mass is 35.5. The van der Waals surface area contributed by atoms with Crippen molar-refractivity contribution < 1.29 is 4.79 Å². The van der Waals surface area contributed by atoms with Crippen molar-refractivity contribution in [3.05, 3.63) is 58.5 Å². The van der Waals surface area contributed by atoms with E-state index in [1.807, 2.05) is 12.1 Å². The molecule has 1 aromatic carbocycles. The van der Waals surface area contributed by atoms with Crippen molar-refractivity contribution >= 4 is 46.0 Å². The second-order valence-corrected chi connectivity index (χ2v) is 4.93. The Morgan fingerprint density at radius 1 is 1.05 bits per heavy atom. The minimum absolute atomic E-state index is 0.113. The zero-order chi connectivity index (χ0) is 14.8. The summed E-state index contributed by atoms with van der Waals surface area (Å²) in [5, 5.41) is 3.00. The number of anilines is 1. The van der Waals surface area contributed by atoms with Gasteiger partial charge in [0.25, 0.3) is 5.91 Å². The Kier molecular flexibility index (Phi) is 3.68. The number of carbonyl (C=O) groups excluding carboxylic acids is 1. The molecule has 21 heavy (non-hydrogen) atoms. The van der Waals surface area contributed by atoms with Crippen LogP contribution in [-0.4, -0.2) is 20.9 Å². The zero-order valence-electron chi connectivity index (χ0n) is 10.5. The summed E-state index contributed by atoms with van der Waals surface area (Å²) in [5.41, 5.74) is 1.53. The van der Waals surface area contributed by atoms with Gasteiger partial charge < -0.3 is 5.32 Å². The molecule has 104 valence electrons. The van der Waals surface area contributed by atoms with E-state index in [1.165, 1.54) is 18.5 Å². The molecule has 0 radical (unpaired) electrons. The minimum atomic E-state index is -0.445. The van der Waals surface area contributed by atoms with Gasteiger partial charge in [0.1, 0.15) is 0 Å². The van der Waals surface area contributed by atoms with E-state index in [0.29, 0.717) is 16.1 Å². The number of aromatic nitrogens is 3. The van der Waals surface area contributed by atoms with E-state index in [-0.39, 0.29) is 16.5 Å². The maximum absolute atomic E-state index is 12.2. The van der Waals surface area contributed by atoms with Crippen molar-refractivity contribution in [2.45, 2.75) is 0 Å². The Morgan fingerprint density at radius 2 is 1.76 bits per heavy atom. The monoisotopic (exact) mass is 318 g/mol. The summed E-state index contributed by atoms with van der Waals surface area (Å²) in [6.45, 7) is 0. The van der Waals surface area contributed by atoms with Gasteiger partial charge in [-0.05, 0) is 18.2 Å². The van der Waals surface area contributed by atoms with Crippen LogP contribution in [0.1, 0.15) is 10.4 Å². The highest BCUT2D eigenvalue weighted by Gasteiger charge is 2.14. The van der Waals surface area contributed by atoms with E-state index in [0.717, 1.165) is 0 Å². The third-order valence-electron chi connectivity index (χ3n) is 2.77. The summed E-state index contributed by atoms with van der Waals surface area (Å²) in [5.74, 6) is -0.264. The molecule has 0 atom stereocenters. The summed E-state index contributed by atoms with van der Waals surface area (Å²) in [6, 6.07) is 8.77. The molecule has 0 spiro atoms. The van der Waals surface area contributed by atoms with Gasteiger partial charge in [-0.2, -0.15) is 0 Å². The molecule has 2 heterocycles. The van der Waals surface area contributed by atoms with Crippen LogP contribution in [-0.2, 0) is 0 Å². The maximum atomic E-state index is 12.2. The number of nitrogens with one attached hydrogen (secondary N) is 1. The van der Waals surface area contributed by atoms with Crippen molar-refractivity contribution in [2.24, 2.45) is 0 Å². The van der Waals surface area contributed by atoms with E-state index in [1.54, 1.807) is 12.1 Å². The van der Waals surface area contributed by atoms with Crippen LogP contribution in [0.3, 0.4) is 0 Å². The Bertz CT molecular complexity index is 838. The largest absolute Gasteiger partial charge is 0.304 e. The summed E-state index contributed by atoms with van der Waals surface area (Å²) in [4.78, 5) is 24.5. The number of rotatable bonds is 2. The Labute approximate surface area is 130 Å². The molecule has 0 saturated heterocycles. The smallest absolute Gasteiger partial charge is 0.259 e. The highest BCUT2D eigenvalue weighted by Crippen LogP contribution is 2.22. The van der Waals surface area contributed by atoms with E-state index in [9.17, 15) is 4.79 Å². The van der Waals surface area contributed by atoms with E-state index in [2.05, 4.69) is 20.3 Å². The van der Waals surface area contributed by atoms with Gasteiger partial charge in [-0.25, -0.2) is 9.97 Å². The molecule has 0 aliphatic heterocycles. The predicted octanol–water partition coefficient (Wildman–Crippen LogP) is 3.58. The standard InChI is InChI=1S/C14H8Cl2N4O/c15-9-5-6-17-7-8(9)14(21)20-13-12(16)18-10-3-1-2-4-11(10)19-13/h1-7H,(H,19,20,21). The lowest BCUT2D eigenvalue weighted by atomic mass is 10.2. The normalized spacial score (nSPS) is 10.6. The fraction of sp³-hybridized carbons (Fsp3) is 0. The number of fused-ring (bicyclic) bond motifs is 1. The molecule has 1 N–H and O–H groups in total. The van der Waals surface area contributed by atoms with Crippen LogP contribution in [0.25, 0.3) is 11.0 Å². The third kappa shape index (κ3) is 2.79. The molecule has 3 rings (SSSR count). The number of para-hydroxylation sites is 2. The van der Waals surface area contributed by atoms with Gasteiger partial charge in [0.15, 0.2) is 11.0 Å². The van der Waals surface area contributed by atoms with E-state index < -0.39 is 5.91 Å². The summed E-state index contributed by atoms with van der Waals surface area (Å²) in [7, 11) is 0. The second-order valence-electron chi connectivity index (χ2n) is 4.16. The van der Waals surface area contributed by atoms with Crippen molar-refractivity contribution in [2.75, 3.05) is 5.32 Å². The van der Waals surface area contributed by atoms with Crippen LogP contribution in [0.4, 0.5) is 5.82 Å². The number of pyridine rings is 1. The van der Waals surface area contributed by atoms with Crippen LogP contribution in [0.2, 0.25) is 10.2 Å². The fourth-order valence-electron chi connectivity index (χ4n) is 1.78. The van der Waals surface area contributed by atoms with Crippen molar-refractivity contribution in [3.8, 4) is 0 Å². The van der Waals surface area contributed by atoms with Crippen LogP contribution in [0, 0.1) is 0 Å². The number of amides is 1. The van der Waals surface area contributed by atoms with E-state index >= 15 is 0 Å². The van der Waals surface area contributed by atoms with Gasteiger partial charge >= 0.3 is 0 Å². The molecule has 7 heteroatoms. The lowest BCUT2D eigenvalue weighted by Gasteiger charge is -2.07. The zero-order valence-corrected chi connectivity index (χ0v) is 12.1. The fourth-order valence-corrected chi connectivity index (χ4v) is 2.15. The average molecular weight is 319 g/mol. The second kappa shape index (κ2) is 5.63. The maximum Gasteiger partial charge on any atom is 0.259 e. The minimum Gasteiger partial charge on any atom is -0.304 e. The quantitative estimate of drug-likeness (QED) is 0.784. The molecule has 0 bridgehead atoms. The molecule has 0 aliphatic rings. The molecule has 1 amide bonds. The van der Waals surface area contributed by atoms with Gasteiger partial charge in [-0.15, -0.1) is 0 Å². The first-order valence-corrected chi connectivity index (χ1v) is 6.74. The molecule has 2 aromatic heterocycles. The number of nitrogens with zero attached hydrogens (tertiary/aromatic N) is 3. The SMILES string of the molecule is O=C(Nc1nc2ccccc2nc1Cl)c1cnccc1Cl. The Balaban J connectivity index is 1.96. The van der Waals surface area contributed by atoms with Crippen LogP contribution < -0.4 is 5.32 Å². The first-order chi connectivity index (χ1) is 10.1. The highest BCUT2D eigenvalue weighted by molar-refractivity contribution is 6.35. The molecular formula is C14H8Cl2N4O. The van der Waals surface area contributed by atoms with Gasteiger partial charge in [-0.3, -0.25) is 9.78 Å². The molecule has 3 aromatic rings. The molecule has 0 saturated carbocycles. The summed E-state index contributed by atoms with van der Waals surface area (Å²) < 4.78 is 0. The molecule has 0 unspecified atom stereocenters. The average Bonchev–Trinajstić information content (AvgIpc) is 2.48. The van der Waals surface area contributed by atoms with Crippen molar-refractivity contribution in [1.29, 1.82) is 0 Å². The van der Waals surface area contributed by atoms with Gasteiger partial charge in [0.05, 0.1) is 21.6 Å². The number of halogens is 2. The van der Waals surface area contributed by atoms with Crippen LogP contribution in [0.5, 0.6) is 0 Å². The Morgan fingerprint density at radius 3 is 2.48 bits per heavy atom. The topological polar surface area (TPSA) is 67.8 Å². The van der Waals surface area contributed by atoms with Crippen LogP contribution in [0.15, 0.2) is 42.7 Å². The Hall–Kier alpha value is -2.24. The van der Waals surface area contributed by atoms with Gasteiger partial charge in [0, 0.05) is 12.4 Å². The van der Waals surface area contributed by atoms with E-state index in [4.69, 9.17) is 23.2 Å². The first-order valence-electron chi connectivity index (χ1n) is 5.98. The lowest BCUT2D eigenvalue weighted by Crippen LogP contribution is -2.14. The number of hydrogen-bond acceptors (Lipinski definition) is 4.